The van der Waals surface area contributed by atoms with Crippen LogP contribution in [0.25, 0.3) is 0 Å². The smallest absolute Gasteiger partial charge is 0.00148 e. The molecule has 0 bridgehead atoms. The first kappa shape index (κ1) is 14.6. The molecule has 0 spiro atoms. The molecule has 1 aromatic rings. The zero-order valence-electron chi connectivity index (χ0n) is 12.8. The Balaban J connectivity index is 2.23. The van der Waals surface area contributed by atoms with Gasteiger partial charge >= 0.3 is 0 Å². The Bertz CT molecular complexity index is 397. The summed E-state index contributed by atoms with van der Waals surface area (Å²) in [6, 6.07) is 6.86. The van der Waals surface area contributed by atoms with Crippen LogP contribution in [0.3, 0.4) is 0 Å². The SMILES string of the molecule is CCNCC1CCCCCC1c1cccc(C)c1C. The minimum Gasteiger partial charge on any atom is -0.317 e. The monoisotopic (exact) mass is 259 g/mol. The fourth-order valence-electron chi connectivity index (χ4n) is 3.54. The van der Waals surface area contributed by atoms with Crippen LogP contribution in [0.5, 0.6) is 0 Å². The summed E-state index contributed by atoms with van der Waals surface area (Å²) >= 11 is 0. The molecule has 2 rings (SSSR count). The maximum absolute atomic E-state index is 3.58. The lowest BCUT2D eigenvalue weighted by Gasteiger charge is -2.27. The zero-order valence-corrected chi connectivity index (χ0v) is 12.8. The van der Waals surface area contributed by atoms with E-state index in [9.17, 15) is 0 Å². The van der Waals surface area contributed by atoms with E-state index in [2.05, 4.69) is 44.3 Å². The Morgan fingerprint density at radius 2 is 1.89 bits per heavy atom. The summed E-state index contributed by atoms with van der Waals surface area (Å²) in [6.45, 7) is 9.04. The van der Waals surface area contributed by atoms with Crippen molar-refractivity contribution in [1.29, 1.82) is 0 Å². The molecule has 1 aliphatic carbocycles. The predicted molar refractivity (Wildman–Crippen MR) is 83.8 cm³/mol. The minimum absolute atomic E-state index is 0.765. The molecule has 0 saturated heterocycles. The Morgan fingerprint density at radius 1 is 1.11 bits per heavy atom. The highest BCUT2D eigenvalue weighted by molar-refractivity contribution is 5.36. The second kappa shape index (κ2) is 7.09. The highest BCUT2D eigenvalue weighted by atomic mass is 14.8. The van der Waals surface area contributed by atoms with Gasteiger partial charge in [0.25, 0.3) is 0 Å². The summed E-state index contributed by atoms with van der Waals surface area (Å²) in [5.41, 5.74) is 4.59. The zero-order chi connectivity index (χ0) is 13.7. The van der Waals surface area contributed by atoms with Gasteiger partial charge in [0, 0.05) is 0 Å². The molecule has 1 fully saturated rings. The molecule has 106 valence electrons. The molecule has 2 unspecified atom stereocenters. The second-order valence-electron chi connectivity index (χ2n) is 6.10. The number of nitrogens with one attached hydrogen (secondary N) is 1. The molecule has 1 N–H and O–H groups in total. The van der Waals surface area contributed by atoms with Crippen molar-refractivity contribution in [2.45, 2.75) is 58.8 Å². The van der Waals surface area contributed by atoms with Crippen molar-refractivity contribution in [1.82, 2.24) is 5.32 Å². The van der Waals surface area contributed by atoms with Crippen LogP contribution >= 0.6 is 0 Å². The van der Waals surface area contributed by atoms with E-state index in [0.29, 0.717) is 0 Å². The van der Waals surface area contributed by atoms with E-state index in [-0.39, 0.29) is 0 Å². The third-order valence-electron chi connectivity index (χ3n) is 4.86. The van der Waals surface area contributed by atoms with Crippen molar-refractivity contribution in [2.75, 3.05) is 13.1 Å². The summed E-state index contributed by atoms with van der Waals surface area (Å²) in [5, 5.41) is 3.58. The molecule has 0 aromatic heterocycles. The van der Waals surface area contributed by atoms with E-state index in [1.54, 1.807) is 5.56 Å². The van der Waals surface area contributed by atoms with E-state index in [4.69, 9.17) is 0 Å². The van der Waals surface area contributed by atoms with Crippen molar-refractivity contribution in [3.8, 4) is 0 Å². The van der Waals surface area contributed by atoms with Crippen LogP contribution in [0.15, 0.2) is 18.2 Å². The van der Waals surface area contributed by atoms with Gasteiger partial charge in [-0.3, -0.25) is 0 Å². The van der Waals surface area contributed by atoms with Crippen LogP contribution in [0.2, 0.25) is 0 Å². The Hall–Kier alpha value is -0.820. The molecule has 19 heavy (non-hydrogen) atoms. The van der Waals surface area contributed by atoms with Gasteiger partial charge in [-0.2, -0.15) is 0 Å². The summed E-state index contributed by atoms with van der Waals surface area (Å²) in [6.07, 6.45) is 7.01. The molecule has 1 aliphatic rings. The van der Waals surface area contributed by atoms with Crippen molar-refractivity contribution in [3.63, 3.8) is 0 Å². The van der Waals surface area contributed by atoms with E-state index >= 15 is 0 Å². The molecule has 1 aromatic carbocycles. The van der Waals surface area contributed by atoms with Gasteiger partial charge in [-0.1, -0.05) is 44.4 Å². The van der Waals surface area contributed by atoms with Gasteiger partial charge < -0.3 is 5.32 Å². The Kier molecular flexibility index (Phi) is 5.45. The topological polar surface area (TPSA) is 12.0 Å². The van der Waals surface area contributed by atoms with Crippen LogP contribution in [0, 0.1) is 19.8 Å². The molecular weight excluding hydrogens is 230 g/mol. The normalized spacial score (nSPS) is 24.2. The van der Waals surface area contributed by atoms with E-state index in [1.807, 2.05) is 0 Å². The van der Waals surface area contributed by atoms with Gasteiger partial charge in [0.15, 0.2) is 0 Å². The maximum Gasteiger partial charge on any atom is -0.00148 e. The molecule has 0 radical (unpaired) electrons. The highest BCUT2D eigenvalue weighted by Gasteiger charge is 2.26. The van der Waals surface area contributed by atoms with Crippen molar-refractivity contribution >= 4 is 0 Å². The molecule has 1 saturated carbocycles. The Labute approximate surface area is 118 Å². The third kappa shape index (κ3) is 3.60. The number of rotatable bonds is 4. The van der Waals surface area contributed by atoms with Gasteiger partial charge in [0.2, 0.25) is 0 Å². The van der Waals surface area contributed by atoms with Crippen LogP contribution in [0.1, 0.15) is 61.6 Å². The third-order valence-corrected chi connectivity index (χ3v) is 4.86. The maximum atomic E-state index is 3.58. The van der Waals surface area contributed by atoms with Gasteiger partial charge in [0.05, 0.1) is 0 Å². The second-order valence-corrected chi connectivity index (χ2v) is 6.10. The average molecular weight is 259 g/mol. The largest absolute Gasteiger partial charge is 0.317 e. The predicted octanol–water partition coefficient (Wildman–Crippen LogP) is 4.58. The molecule has 1 nitrogen and oxygen atoms in total. The van der Waals surface area contributed by atoms with Crippen molar-refractivity contribution in [2.24, 2.45) is 5.92 Å². The van der Waals surface area contributed by atoms with E-state index in [1.165, 1.54) is 49.8 Å². The number of benzene rings is 1. The summed E-state index contributed by atoms with van der Waals surface area (Å²) < 4.78 is 0. The lowest BCUT2D eigenvalue weighted by molar-refractivity contribution is 0.378. The quantitative estimate of drug-likeness (QED) is 0.781. The standard InChI is InChI=1S/C18H29N/c1-4-19-13-16-10-6-5-7-11-18(16)17-12-8-9-14(2)15(17)3/h8-9,12,16,18-19H,4-7,10-11,13H2,1-3H3. The van der Waals surface area contributed by atoms with Gasteiger partial charge in [-0.25, -0.2) is 0 Å². The number of hydrogen-bond donors (Lipinski definition) is 1. The van der Waals surface area contributed by atoms with Crippen LogP contribution in [-0.4, -0.2) is 13.1 Å². The van der Waals surface area contributed by atoms with Crippen LogP contribution < -0.4 is 5.32 Å². The average Bonchev–Trinajstić information content (AvgIpc) is 2.65. The molecular formula is C18H29N. The molecule has 0 heterocycles. The fourth-order valence-corrected chi connectivity index (χ4v) is 3.54. The van der Waals surface area contributed by atoms with Gasteiger partial charge in [-0.05, 0) is 68.3 Å². The van der Waals surface area contributed by atoms with Gasteiger partial charge in [0.1, 0.15) is 0 Å². The Morgan fingerprint density at radius 3 is 2.68 bits per heavy atom. The lowest BCUT2D eigenvalue weighted by Crippen LogP contribution is -2.27. The molecule has 1 heteroatoms. The molecule has 0 amide bonds. The van der Waals surface area contributed by atoms with Crippen molar-refractivity contribution < 1.29 is 0 Å². The first-order valence-corrected chi connectivity index (χ1v) is 8.00. The summed E-state index contributed by atoms with van der Waals surface area (Å²) in [7, 11) is 0. The van der Waals surface area contributed by atoms with Crippen LogP contribution in [0.4, 0.5) is 0 Å². The van der Waals surface area contributed by atoms with Crippen LogP contribution in [-0.2, 0) is 0 Å². The number of hydrogen-bond acceptors (Lipinski definition) is 1. The van der Waals surface area contributed by atoms with Gasteiger partial charge in [-0.15, -0.1) is 0 Å². The highest BCUT2D eigenvalue weighted by Crippen LogP contribution is 2.38. The minimum atomic E-state index is 0.765. The van der Waals surface area contributed by atoms with E-state index < -0.39 is 0 Å². The first-order valence-electron chi connectivity index (χ1n) is 8.00. The number of aryl methyl sites for hydroxylation is 1. The molecule has 0 aliphatic heterocycles. The van der Waals surface area contributed by atoms with E-state index in [0.717, 1.165) is 18.4 Å². The summed E-state index contributed by atoms with van der Waals surface area (Å²) in [5.74, 6) is 1.59. The fraction of sp³-hybridized carbons (Fsp3) is 0.667. The first-order chi connectivity index (χ1) is 9.24. The van der Waals surface area contributed by atoms with Crippen molar-refractivity contribution in [3.05, 3.63) is 34.9 Å². The lowest BCUT2D eigenvalue weighted by atomic mass is 9.80. The molecule has 2 atom stereocenters. The summed E-state index contributed by atoms with van der Waals surface area (Å²) in [4.78, 5) is 0.